The van der Waals surface area contributed by atoms with Crippen LogP contribution in [0.25, 0.3) is 11.3 Å². The molecule has 1 aromatic heterocycles. The molecule has 0 aliphatic carbocycles. The van der Waals surface area contributed by atoms with Crippen molar-refractivity contribution >= 4 is 28.1 Å². The molecule has 2 aromatic carbocycles. The summed E-state index contributed by atoms with van der Waals surface area (Å²) in [7, 11) is 3.07. The molecule has 0 saturated carbocycles. The first-order chi connectivity index (χ1) is 14.7. The summed E-state index contributed by atoms with van der Waals surface area (Å²) in [6.07, 6.45) is 3.75. The molecule has 2 heterocycles. The van der Waals surface area contributed by atoms with Crippen LogP contribution in [0.2, 0.25) is 0 Å². The van der Waals surface area contributed by atoms with Gasteiger partial charge in [0.25, 0.3) is 5.91 Å². The number of benzene rings is 2. The molecule has 30 heavy (non-hydrogen) atoms. The fraction of sp³-hybridized carbons (Fsp3) is 0.304. The Labute approximate surface area is 180 Å². The van der Waals surface area contributed by atoms with E-state index in [1.165, 1.54) is 33.5 Å². The predicted octanol–water partition coefficient (Wildman–Crippen LogP) is 5.07. The van der Waals surface area contributed by atoms with Crippen LogP contribution in [0.3, 0.4) is 0 Å². The number of carbonyl (C=O) groups excluding carboxylic acids is 1. The van der Waals surface area contributed by atoms with Gasteiger partial charge in [0, 0.05) is 29.7 Å². The first kappa shape index (κ1) is 20.2. The largest absolute Gasteiger partial charge is 0.496 e. The SMILES string of the molecule is COc1cccc(OC)c1C(=O)Nc1cccc(-c2csc(N3CCCCC3)n2)c1. The van der Waals surface area contributed by atoms with E-state index < -0.39 is 0 Å². The van der Waals surface area contributed by atoms with Gasteiger partial charge in [-0.25, -0.2) is 4.98 Å². The van der Waals surface area contributed by atoms with Crippen molar-refractivity contribution in [3.8, 4) is 22.8 Å². The first-order valence-electron chi connectivity index (χ1n) is 10.0. The number of anilines is 2. The summed E-state index contributed by atoms with van der Waals surface area (Å²) in [5, 5.41) is 6.10. The maximum Gasteiger partial charge on any atom is 0.263 e. The zero-order chi connectivity index (χ0) is 20.9. The van der Waals surface area contributed by atoms with E-state index in [1.807, 2.05) is 24.3 Å². The molecule has 156 valence electrons. The summed E-state index contributed by atoms with van der Waals surface area (Å²) in [6, 6.07) is 13.0. The Morgan fingerprint density at radius 1 is 1.03 bits per heavy atom. The Bertz CT molecular complexity index is 1010. The normalized spacial score (nSPS) is 13.7. The number of rotatable bonds is 6. The van der Waals surface area contributed by atoms with Gasteiger partial charge in [-0.05, 0) is 43.5 Å². The third-order valence-electron chi connectivity index (χ3n) is 5.19. The second-order valence-electron chi connectivity index (χ2n) is 7.14. The molecule has 6 nitrogen and oxygen atoms in total. The van der Waals surface area contributed by atoms with Crippen LogP contribution in [-0.4, -0.2) is 38.2 Å². The van der Waals surface area contributed by atoms with E-state index in [2.05, 4.69) is 15.6 Å². The molecule has 3 aromatic rings. The lowest BCUT2D eigenvalue weighted by Gasteiger charge is -2.25. The quantitative estimate of drug-likeness (QED) is 0.600. The number of nitrogens with one attached hydrogen (secondary N) is 1. The van der Waals surface area contributed by atoms with Gasteiger partial charge in [0.05, 0.1) is 19.9 Å². The number of aromatic nitrogens is 1. The van der Waals surface area contributed by atoms with Crippen LogP contribution in [0.4, 0.5) is 10.8 Å². The number of carbonyl (C=O) groups is 1. The van der Waals surface area contributed by atoms with E-state index in [9.17, 15) is 4.79 Å². The number of methoxy groups -OCH3 is 2. The van der Waals surface area contributed by atoms with Crippen LogP contribution < -0.4 is 19.7 Å². The van der Waals surface area contributed by atoms with Crippen molar-refractivity contribution in [1.29, 1.82) is 0 Å². The van der Waals surface area contributed by atoms with Crippen LogP contribution in [0.5, 0.6) is 11.5 Å². The third kappa shape index (κ3) is 4.26. The fourth-order valence-electron chi connectivity index (χ4n) is 3.65. The number of hydrogen-bond acceptors (Lipinski definition) is 6. The molecule has 1 aliphatic rings. The Hall–Kier alpha value is -3.06. The summed E-state index contributed by atoms with van der Waals surface area (Å²) in [6.45, 7) is 2.15. The molecular formula is C23H25N3O3S. The van der Waals surface area contributed by atoms with Crippen molar-refractivity contribution in [3.63, 3.8) is 0 Å². The molecule has 0 unspecified atom stereocenters. The number of nitrogens with zero attached hydrogens (tertiary/aromatic N) is 2. The topological polar surface area (TPSA) is 63.7 Å². The Morgan fingerprint density at radius 2 is 1.73 bits per heavy atom. The van der Waals surface area contributed by atoms with E-state index in [0.29, 0.717) is 22.7 Å². The Kier molecular flexibility index (Phi) is 6.18. The summed E-state index contributed by atoms with van der Waals surface area (Å²) in [5.41, 5.74) is 2.96. The number of hydrogen-bond donors (Lipinski definition) is 1. The van der Waals surface area contributed by atoms with Gasteiger partial charge in [-0.3, -0.25) is 4.79 Å². The monoisotopic (exact) mass is 423 g/mol. The maximum absolute atomic E-state index is 12.9. The van der Waals surface area contributed by atoms with Gasteiger partial charge in [0.2, 0.25) is 0 Å². The van der Waals surface area contributed by atoms with Gasteiger partial charge in [-0.2, -0.15) is 0 Å². The molecule has 1 aliphatic heterocycles. The molecule has 1 amide bonds. The summed E-state index contributed by atoms with van der Waals surface area (Å²) < 4.78 is 10.7. The van der Waals surface area contributed by atoms with Crippen molar-refractivity contribution in [2.45, 2.75) is 19.3 Å². The molecule has 1 fully saturated rings. The van der Waals surface area contributed by atoms with E-state index in [1.54, 1.807) is 29.5 Å². The summed E-state index contributed by atoms with van der Waals surface area (Å²) >= 11 is 1.67. The fourth-order valence-corrected chi connectivity index (χ4v) is 4.54. The highest BCUT2D eigenvalue weighted by Gasteiger charge is 2.19. The zero-order valence-corrected chi connectivity index (χ0v) is 18.0. The molecule has 1 saturated heterocycles. The van der Waals surface area contributed by atoms with Crippen molar-refractivity contribution in [2.24, 2.45) is 0 Å². The molecule has 0 bridgehead atoms. The standard InChI is InChI=1S/C23H25N3O3S/c1-28-19-10-7-11-20(29-2)21(19)22(27)24-17-9-6-8-16(14-17)18-15-30-23(25-18)26-12-4-3-5-13-26/h6-11,14-15H,3-5,12-13H2,1-2H3,(H,24,27). The first-order valence-corrected chi connectivity index (χ1v) is 10.9. The van der Waals surface area contributed by atoms with Crippen LogP contribution in [0, 0.1) is 0 Å². The van der Waals surface area contributed by atoms with Crippen molar-refractivity contribution in [2.75, 3.05) is 37.5 Å². The van der Waals surface area contributed by atoms with Gasteiger partial charge in [0.1, 0.15) is 17.1 Å². The minimum Gasteiger partial charge on any atom is -0.496 e. The Morgan fingerprint density at radius 3 is 2.43 bits per heavy atom. The highest BCUT2D eigenvalue weighted by molar-refractivity contribution is 7.14. The molecule has 1 N–H and O–H groups in total. The second-order valence-corrected chi connectivity index (χ2v) is 7.97. The molecule has 0 radical (unpaired) electrons. The van der Waals surface area contributed by atoms with Gasteiger partial charge in [-0.1, -0.05) is 18.2 Å². The number of piperidine rings is 1. The van der Waals surface area contributed by atoms with Gasteiger partial charge in [-0.15, -0.1) is 11.3 Å². The van der Waals surface area contributed by atoms with Crippen molar-refractivity contribution in [1.82, 2.24) is 4.98 Å². The van der Waals surface area contributed by atoms with E-state index >= 15 is 0 Å². The highest BCUT2D eigenvalue weighted by Crippen LogP contribution is 2.32. The maximum atomic E-state index is 12.9. The molecule has 0 atom stereocenters. The average molecular weight is 424 g/mol. The van der Waals surface area contributed by atoms with E-state index in [0.717, 1.165) is 29.5 Å². The van der Waals surface area contributed by atoms with E-state index in [4.69, 9.17) is 14.5 Å². The molecular weight excluding hydrogens is 398 g/mol. The summed E-state index contributed by atoms with van der Waals surface area (Å²) in [4.78, 5) is 20.1. The number of amides is 1. The molecule has 7 heteroatoms. The lowest BCUT2D eigenvalue weighted by Crippen LogP contribution is -2.29. The van der Waals surface area contributed by atoms with Crippen molar-refractivity contribution in [3.05, 3.63) is 53.4 Å². The van der Waals surface area contributed by atoms with Gasteiger partial charge < -0.3 is 19.7 Å². The number of ether oxygens (including phenoxy) is 2. The van der Waals surface area contributed by atoms with Gasteiger partial charge >= 0.3 is 0 Å². The smallest absolute Gasteiger partial charge is 0.263 e. The predicted molar refractivity (Wildman–Crippen MR) is 121 cm³/mol. The minimum atomic E-state index is -0.284. The minimum absolute atomic E-state index is 0.284. The van der Waals surface area contributed by atoms with Crippen LogP contribution >= 0.6 is 11.3 Å². The Balaban J connectivity index is 1.55. The third-order valence-corrected chi connectivity index (χ3v) is 6.09. The second kappa shape index (κ2) is 9.17. The molecule has 0 spiro atoms. The van der Waals surface area contributed by atoms with Crippen LogP contribution in [-0.2, 0) is 0 Å². The lowest BCUT2D eigenvalue weighted by atomic mass is 10.1. The zero-order valence-electron chi connectivity index (χ0n) is 17.2. The van der Waals surface area contributed by atoms with E-state index in [-0.39, 0.29) is 5.91 Å². The lowest BCUT2D eigenvalue weighted by molar-refractivity contribution is 0.102. The highest BCUT2D eigenvalue weighted by atomic mass is 32.1. The van der Waals surface area contributed by atoms with Gasteiger partial charge in [0.15, 0.2) is 5.13 Å². The molecule has 4 rings (SSSR count). The van der Waals surface area contributed by atoms with Crippen molar-refractivity contribution < 1.29 is 14.3 Å². The van der Waals surface area contributed by atoms with Crippen LogP contribution in [0.1, 0.15) is 29.6 Å². The summed E-state index contributed by atoms with van der Waals surface area (Å²) in [5.74, 6) is 0.649. The average Bonchev–Trinajstić information content (AvgIpc) is 3.29. The van der Waals surface area contributed by atoms with Crippen LogP contribution in [0.15, 0.2) is 47.8 Å². The number of thiazole rings is 1.